The van der Waals surface area contributed by atoms with Crippen LogP contribution in [0.2, 0.25) is 5.02 Å². The molecular weight excluding hydrogens is 415 g/mol. The van der Waals surface area contributed by atoms with E-state index in [2.05, 4.69) is 0 Å². The van der Waals surface area contributed by atoms with Crippen LogP contribution >= 0.6 is 11.6 Å². The summed E-state index contributed by atoms with van der Waals surface area (Å²) in [5, 5.41) is -0.241. The lowest BCUT2D eigenvalue weighted by atomic mass is 10.2. The molecule has 0 bridgehead atoms. The Morgan fingerprint density at radius 2 is 1.92 bits per heavy atom. The van der Waals surface area contributed by atoms with E-state index in [0.717, 1.165) is 16.4 Å². The van der Waals surface area contributed by atoms with Gasteiger partial charge in [0.1, 0.15) is 0 Å². The monoisotopic (exact) mass is 433 g/mol. The SMILES string of the molecule is CC(C)CN(C1CCS(=O)(=O)C1)S(=O)(=O)c1ccc(Cl)cc1C(F)(F)F. The molecule has 1 saturated heterocycles. The summed E-state index contributed by atoms with van der Waals surface area (Å²) in [6.45, 7) is 3.33. The van der Waals surface area contributed by atoms with Crippen molar-refractivity contribution in [1.82, 2.24) is 4.31 Å². The highest BCUT2D eigenvalue weighted by molar-refractivity contribution is 7.92. The molecule has 0 saturated carbocycles. The molecule has 0 spiro atoms. The number of rotatable bonds is 5. The molecule has 2 rings (SSSR count). The topological polar surface area (TPSA) is 71.5 Å². The van der Waals surface area contributed by atoms with Gasteiger partial charge in [-0.15, -0.1) is 0 Å². The van der Waals surface area contributed by atoms with E-state index in [9.17, 15) is 30.0 Å². The number of nitrogens with zero attached hydrogens (tertiary/aromatic N) is 1. The third-order valence-electron chi connectivity index (χ3n) is 3.99. The lowest BCUT2D eigenvalue weighted by Gasteiger charge is -2.30. The molecular formula is C15H19ClF3NO4S2. The largest absolute Gasteiger partial charge is 0.417 e. The summed E-state index contributed by atoms with van der Waals surface area (Å²) >= 11 is 5.61. The minimum absolute atomic E-state index is 0.0588. The quantitative estimate of drug-likeness (QED) is 0.715. The maximum absolute atomic E-state index is 13.3. The van der Waals surface area contributed by atoms with Gasteiger partial charge in [0.25, 0.3) is 0 Å². The minimum atomic E-state index is -4.92. The second-order valence-corrected chi connectivity index (χ2v) is 11.2. The van der Waals surface area contributed by atoms with E-state index in [1.807, 2.05) is 0 Å². The number of halogens is 4. The van der Waals surface area contributed by atoms with Gasteiger partial charge >= 0.3 is 6.18 Å². The molecule has 5 nitrogen and oxygen atoms in total. The summed E-state index contributed by atoms with van der Waals surface area (Å²) in [6.07, 6.45) is -4.86. The molecule has 0 N–H and O–H groups in total. The first-order valence-corrected chi connectivity index (χ1v) is 11.5. The molecule has 26 heavy (non-hydrogen) atoms. The summed E-state index contributed by atoms with van der Waals surface area (Å²) in [5.41, 5.74) is -1.36. The molecule has 1 heterocycles. The highest BCUT2D eigenvalue weighted by atomic mass is 35.5. The summed E-state index contributed by atoms with van der Waals surface area (Å²) in [4.78, 5) is -0.917. The molecule has 0 radical (unpaired) electrons. The Morgan fingerprint density at radius 1 is 1.31 bits per heavy atom. The molecule has 0 aliphatic carbocycles. The molecule has 0 amide bonds. The van der Waals surface area contributed by atoms with E-state index in [1.165, 1.54) is 0 Å². The number of sulfonamides is 1. The van der Waals surface area contributed by atoms with E-state index in [0.29, 0.717) is 6.07 Å². The van der Waals surface area contributed by atoms with Crippen LogP contribution in [0.4, 0.5) is 13.2 Å². The van der Waals surface area contributed by atoms with Crippen molar-refractivity contribution >= 4 is 31.5 Å². The Morgan fingerprint density at radius 3 is 2.38 bits per heavy atom. The Bertz CT molecular complexity index is 883. The fourth-order valence-electron chi connectivity index (χ4n) is 2.88. The van der Waals surface area contributed by atoms with Crippen LogP contribution in [0.3, 0.4) is 0 Å². The molecule has 1 aliphatic heterocycles. The van der Waals surface area contributed by atoms with Crippen molar-refractivity contribution < 1.29 is 30.0 Å². The maximum Gasteiger partial charge on any atom is 0.417 e. The van der Waals surface area contributed by atoms with Gasteiger partial charge in [0.05, 0.1) is 22.0 Å². The molecule has 0 aromatic heterocycles. The smallest absolute Gasteiger partial charge is 0.229 e. The highest BCUT2D eigenvalue weighted by Crippen LogP contribution is 2.38. The average Bonchev–Trinajstić information content (AvgIpc) is 2.83. The summed E-state index contributed by atoms with van der Waals surface area (Å²) in [7, 11) is -7.98. The first-order chi connectivity index (χ1) is 11.7. The molecule has 148 valence electrons. The van der Waals surface area contributed by atoms with E-state index < -0.39 is 48.3 Å². The molecule has 1 aromatic rings. The van der Waals surface area contributed by atoms with Crippen LogP contribution in [0.15, 0.2) is 23.1 Å². The third kappa shape index (κ3) is 4.71. The van der Waals surface area contributed by atoms with Gasteiger partial charge < -0.3 is 0 Å². The lowest BCUT2D eigenvalue weighted by molar-refractivity contribution is -0.139. The van der Waals surface area contributed by atoms with Gasteiger partial charge in [0.2, 0.25) is 10.0 Å². The maximum atomic E-state index is 13.3. The van der Waals surface area contributed by atoms with Crippen LogP contribution in [0.1, 0.15) is 25.8 Å². The van der Waals surface area contributed by atoms with Gasteiger partial charge in [-0.05, 0) is 30.5 Å². The van der Waals surface area contributed by atoms with E-state index in [-0.39, 0.29) is 29.7 Å². The van der Waals surface area contributed by atoms with Gasteiger partial charge in [0, 0.05) is 17.6 Å². The van der Waals surface area contributed by atoms with Crippen LogP contribution < -0.4 is 0 Å². The number of sulfone groups is 1. The van der Waals surface area contributed by atoms with Gasteiger partial charge in [0.15, 0.2) is 9.84 Å². The Labute approximate surface area is 156 Å². The second-order valence-electron chi connectivity index (χ2n) is 6.66. The van der Waals surface area contributed by atoms with Crippen molar-refractivity contribution in [3.05, 3.63) is 28.8 Å². The molecule has 1 fully saturated rings. The van der Waals surface area contributed by atoms with Crippen LogP contribution in [0, 0.1) is 5.92 Å². The Balaban J connectivity index is 2.58. The predicted molar refractivity (Wildman–Crippen MR) is 92.2 cm³/mol. The zero-order valence-corrected chi connectivity index (χ0v) is 16.5. The number of alkyl halides is 3. The van der Waals surface area contributed by atoms with Crippen molar-refractivity contribution in [2.45, 2.75) is 37.4 Å². The number of hydrogen-bond acceptors (Lipinski definition) is 4. The first kappa shape index (κ1) is 21.5. The van der Waals surface area contributed by atoms with Crippen molar-refractivity contribution in [1.29, 1.82) is 0 Å². The minimum Gasteiger partial charge on any atom is -0.229 e. The molecule has 1 aliphatic rings. The third-order valence-corrected chi connectivity index (χ3v) is 7.96. The summed E-state index contributed by atoms with van der Waals surface area (Å²) < 4.78 is 90.5. The van der Waals surface area contributed by atoms with Gasteiger partial charge in [-0.25, -0.2) is 16.8 Å². The van der Waals surface area contributed by atoms with Crippen LogP contribution in [-0.4, -0.2) is 45.2 Å². The van der Waals surface area contributed by atoms with Crippen molar-refractivity contribution in [2.75, 3.05) is 18.1 Å². The summed E-state index contributed by atoms with van der Waals surface area (Å²) in [6, 6.07) is 1.57. The van der Waals surface area contributed by atoms with Crippen molar-refractivity contribution in [3.8, 4) is 0 Å². The van der Waals surface area contributed by atoms with E-state index in [1.54, 1.807) is 13.8 Å². The first-order valence-electron chi connectivity index (χ1n) is 7.83. The van der Waals surface area contributed by atoms with Crippen molar-refractivity contribution in [3.63, 3.8) is 0 Å². The van der Waals surface area contributed by atoms with Gasteiger partial charge in [-0.2, -0.15) is 17.5 Å². The lowest BCUT2D eigenvalue weighted by Crippen LogP contribution is -2.43. The number of hydrogen-bond donors (Lipinski definition) is 0. The second kappa shape index (κ2) is 7.29. The van der Waals surface area contributed by atoms with Gasteiger partial charge in [-0.3, -0.25) is 0 Å². The highest BCUT2D eigenvalue weighted by Gasteiger charge is 2.43. The van der Waals surface area contributed by atoms with Crippen molar-refractivity contribution in [2.24, 2.45) is 5.92 Å². The summed E-state index contributed by atoms with van der Waals surface area (Å²) in [5.74, 6) is -0.780. The Kier molecular flexibility index (Phi) is 6.02. The normalized spacial score (nSPS) is 20.8. The molecule has 1 aromatic carbocycles. The fraction of sp³-hybridized carbons (Fsp3) is 0.600. The van der Waals surface area contributed by atoms with Crippen LogP contribution in [0.5, 0.6) is 0 Å². The number of benzene rings is 1. The predicted octanol–water partition coefficient (Wildman–Crippen LogP) is 3.19. The standard InChI is InChI=1S/C15H19ClF3NO4S2/c1-10(2)8-20(12-5-6-25(21,22)9-12)26(23,24)14-4-3-11(16)7-13(14)15(17,18)19/h3-4,7,10,12H,5-6,8-9H2,1-2H3. The van der Waals surface area contributed by atoms with Gasteiger partial charge in [-0.1, -0.05) is 25.4 Å². The van der Waals surface area contributed by atoms with Crippen LogP contribution in [0.25, 0.3) is 0 Å². The zero-order chi connectivity index (χ0) is 19.9. The fourth-order valence-corrected chi connectivity index (χ4v) is 6.89. The van der Waals surface area contributed by atoms with E-state index in [4.69, 9.17) is 11.6 Å². The molecule has 1 atom stereocenters. The zero-order valence-electron chi connectivity index (χ0n) is 14.1. The van der Waals surface area contributed by atoms with E-state index >= 15 is 0 Å². The average molecular weight is 434 g/mol. The Hall–Kier alpha value is -0.840. The van der Waals surface area contributed by atoms with Crippen LogP contribution in [-0.2, 0) is 26.0 Å². The molecule has 1 unspecified atom stereocenters. The molecule has 11 heteroatoms.